The number of hydrogen-bond acceptors (Lipinski definition) is 4. The van der Waals surface area contributed by atoms with Gasteiger partial charge in [-0.1, -0.05) is 18.2 Å². The van der Waals surface area contributed by atoms with Gasteiger partial charge in [-0.05, 0) is 37.1 Å². The topological polar surface area (TPSA) is 53.7 Å². The van der Waals surface area contributed by atoms with Crippen LogP contribution in [0.15, 0.2) is 55.0 Å². The van der Waals surface area contributed by atoms with E-state index in [9.17, 15) is 4.79 Å². The van der Waals surface area contributed by atoms with Gasteiger partial charge in [-0.25, -0.2) is 0 Å². The number of hydrogen-bond donors (Lipinski definition) is 0. The molecular formula is C19H21N5O. The number of nitrogens with zero attached hydrogens (tertiary/aromatic N) is 5. The van der Waals surface area contributed by atoms with Crippen molar-refractivity contribution in [2.45, 2.75) is 18.9 Å². The van der Waals surface area contributed by atoms with E-state index in [2.05, 4.69) is 46.4 Å². The molecular weight excluding hydrogens is 314 g/mol. The van der Waals surface area contributed by atoms with E-state index in [1.165, 1.54) is 5.69 Å². The minimum absolute atomic E-state index is 0.0800. The normalized spacial score (nSPS) is 15.5. The van der Waals surface area contributed by atoms with Crippen LogP contribution < -0.4 is 4.90 Å². The van der Waals surface area contributed by atoms with Crippen LogP contribution in [0.4, 0.5) is 5.69 Å². The van der Waals surface area contributed by atoms with E-state index >= 15 is 0 Å². The van der Waals surface area contributed by atoms with Crippen LogP contribution in [-0.2, 0) is 0 Å². The van der Waals surface area contributed by atoms with Crippen molar-refractivity contribution in [3.05, 3.63) is 60.6 Å². The molecule has 1 aromatic carbocycles. The summed E-state index contributed by atoms with van der Waals surface area (Å²) in [6.45, 7) is 1.56. The largest absolute Gasteiger partial charge is 0.371 e. The molecule has 1 fully saturated rings. The summed E-state index contributed by atoms with van der Waals surface area (Å²) in [5.41, 5.74) is 2.66. The zero-order chi connectivity index (χ0) is 17.2. The highest BCUT2D eigenvalue weighted by atomic mass is 16.2. The maximum atomic E-state index is 12.8. The van der Waals surface area contributed by atoms with Crippen LogP contribution in [0, 0.1) is 0 Å². The van der Waals surface area contributed by atoms with Crippen LogP contribution in [0.25, 0.3) is 5.65 Å². The molecule has 3 heterocycles. The molecule has 0 bridgehead atoms. The highest BCUT2D eigenvalue weighted by molar-refractivity contribution is 5.94. The zero-order valence-electron chi connectivity index (χ0n) is 14.2. The summed E-state index contributed by atoms with van der Waals surface area (Å²) in [5, 5.41) is 7.83. The molecule has 0 N–H and O–H groups in total. The Morgan fingerprint density at radius 1 is 1.12 bits per heavy atom. The summed E-state index contributed by atoms with van der Waals surface area (Å²) >= 11 is 0. The molecule has 128 valence electrons. The van der Waals surface area contributed by atoms with E-state index in [4.69, 9.17) is 0 Å². The average molecular weight is 335 g/mol. The fourth-order valence-electron chi connectivity index (χ4n) is 3.47. The number of amides is 1. The van der Waals surface area contributed by atoms with Crippen molar-refractivity contribution in [2.24, 2.45) is 0 Å². The Morgan fingerprint density at radius 3 is 2.64 bits per heavy atom. The first-order chi connectivity index (χ1) is 12.2. The van der Waals surface area contributed by atoms with Crippen molar-refractivity contribution < 1.29 is 4.79 Å². The molecule has 0 aliphatic carbocycles. The van der Waals surface area contributed by atoms with E-state index in [0.29, 0.717) is 11.6 Å². The number of carbonyl (C=O) groups is 1. The minimum atomic E-state index is 0.0800. The summed E-state index contributed by atoms with van der Waals surface area (Å²) in [4.78, 5) is 17.0. The fourth-order valence-corrected chi connectivity index (χ4v) is 3.47. The lowest BCUT2D eigenvalue weighted by Gasteiger charge is -2.37. The smallest absolute Gasteiger partial charge is 0.255 e. The molecule has 1 amide bonds. The lowest BCUT2D eigenvalue weighted by atomic mass is 10.0. The molecule has 1 saturated heterocycles. The average Bonchev–Trinajstić information content (AvgIpc) is 3.15. The number of fused-ring (bicyclic) bond motifs is 1. The molecule has 25 heavy (non-hydrogen) atoms. The highest BCUT2D eigenvalue weighted by Crippen LogP contribution is 2.22. The fraction of sp³-hybridized carbons (Fsp3) is 0.316. The van der Waals surface area contributed by atoms with Crippen LogP contribution in [0.3, 0.4) is 0 Å². The van der Waals surface area contributed by atoms with Crippen LogP contribution in [0.5, 0.6) is 0 Å². The molecule has 3 aromatic rings. The standard InChI is InChI=1S/C19H21N5O/c1-22(16-5-3-2-4-6-16)17-9-11-23(12-10-17)19(25)15-7-8-18-21-20-14-24(18)13-15/h2-8,13-14,17H,9-12H2,1H3. The van der Waals surface area contributed by atoms with Gasteiger partial charge in [0.05, 0.1) is 5.56 Å². The van der Waals surface area contributed by atoms with E-state index in [1.54, 1.807) is 16.9 Å². The van der Waals surface area contributed by atoms with E-state index in [-0.39, 0.29) is 5.91 Å². The first kappa shape index (κ1) is 15.6. The van der Waals surface area contributed by atoms with Crippen molar-refractivity contribution in [2.75, 3.05) is 25.0 Å². The number of aromatic nitrogens is 3. The molecule has 0 unspecified atom stereocenters. The first-order valence-corrected chi connectivity index (χ1v) is 8.59. The van der Waals surface area contributed by atoms with Gasteiger partial charge in [0, 0.05) is 38.1 Å². The molecule has 6 heteroatoms. The number of pyridine rings is 1. The number of carbonyl (C=O) groups excluding carboxylic acids is 1. The van der Waals surface area contributed by atoms with Gasteiger partial charge >= 0.3 is 0 Å². The van der Waals surface area contributed by atoms with Gasteiger partial charge in [-0.2, -0.15) is 0 Å². The Hall–Kier alpha value is -2.89. The molecule has 0 atom stereocenters. The Balaban J connectivity index is 1.42. The predicted octanol–water partition coefficient (Wildman–Crippen LogP) is 2.47. The van der Waals surface area contributed by atoms with Crippen molar-refractivity contribution in [3.8, 4) is 0 Å². The SMILES string of the molecule is CN(c1ccccc1)C1CCN(C(=O)c2ccc3nncn3c2)CC1. The molecule has 6 nitrogen and oxygen atoms in total. The molecule has 4 rings (SSSR count). The van der Waals surface area contributed by atoms with Crippen LogP contribution in [0.1, 0.15) is 23.2 Å². The van der Waals surface area contributed by atoms with E-state index in [0.717, 1.165) is 31.6 Å². The molecule has 0 spiro atoms. The maximum Gasteiger partial charge on any atom is 0.255 e. The second-order valence-electron chi connectivity index (χ2n) is 6.48. The Bertz CT molecular complexity index is 868. The quantitative estimate of drug-likeness (QED) is 0.738. The second kappa shape index (κ2) is 6.55. The number of anilines is 1. The van der Waals surface area contributed by atoms with Gasteiger partial charge in [0.1, 0.15) is 6.33 Å². The van der Waals surface area contributed by atoms with Crippen molar-refractivity contribution in [3.63, 3.8) is 0 Å². The zero-order valence-corrected chi connectivity index (χ0v) is 14.2. The molecule has 0 saturated carbocycles. The Kier molecular flexibility index (Phi) is 4.09. The monoisotopic (exact) mass is 335 g/mol. The third kappa shape index (κ3) is 3.07. The van der Waals surface area contributed by atoms with E-state index < -0.39 is 0 Å². The van der Waals surface area contributed by atoms with Gasteiger partial charge in [-0.15, -0.1) is 10.2 Å². The number of likely N-dealkylation sites (tertiary alicyclic amines) is 1. The predicted molar refractivity (Wildman–Crippen MR) is 96.8 cm³/mol. The second-order valence-corrected chi connectivity index (χ2v) is 6.48. The minimum Gasteiger partial charge on any atom is -0.371 e. The van der Waals surface area contributed by atoms with Gasteiger partial charge in [0.2, 0.25) is 0 Å². The van der Waals surface area contributed by atoms with Crippen LogP contribution in [0.2, 0.25) is 0 Å². The van der Waals surface area contributed by atoms with Crippen LogP contribution >= 0.6 is 0 Å². The van der Waals surface area contributed by atoms with Crippen LogP contribution in [-0.4, -0.2) is 51.6 Å². The molecule has 2 aromatic heterocycles. The van der Waals surface area contributed by atoms with Gasteiger partial charge < -0.3 is 9.80 Å². The number of piperidine rings is 1. The Morgan fingerprint density at radius 2 is 1.88 bits per heavy atom. The van der Waals surface area contributed by atoms with Gasteiger partial charge in [0.25, 0.3) is 5.91 Å². The van der Waals surface area contributed by atoms with Gasteiger partial charge in [-0.3, -0.25) is 9.20 Å². The summed E-state index contributed by atoms with van der Waals surface area (Å²) in [5.74, 6) is 0.0800. The summed E-state index contributed by atoms with van der Waals surface area (Å²) in [6, 6.07) is 14.5. The molecule has 1 aliphatic rings. The summed E-state index contributed by atoms with van der Waals surface area (Å²) < 4.78 is 1.78. The van der Waals surface area contributed by atoms with Gasteiger partial charge in [0.15, 0.2) is 5.65 Å². The highest BCUT2D eigenvalue weighted by Gasteiger charge is 2.26. The molecule has 0 radical (unpaired) electrons. The van der Waals surface area contributed by atoms with Crippen molar-refractivity contribution >= 4 is 17.2 Å². The van der Waals surface area contributed by atoms with E-state index in [1.807, 2.05) is 23.1 Å². The Labute approximate surface area is 146 Å². The maximum absolute atomic E-state index is 12.8. The third-order valence-electron chi connectivity index (χ3n) is 5.00. The number of rotatable bonds is 3. The molecule has 1 aliphatic heterocycles. The first-order valence-electron chi connectivity index (χ1n) is 8.59. The van der Waals surface area contributed by atoms with Crippen molar-refractivity contribution in [1.82, 2.24) is 19.5 Å². The lowest BCUT2D eigenvalue weighted by molar-refractivity contribution is 0.0713. The number of benzene rings is 1. The lowest BCUT2D eigenvalue weighted by Crippen LogP contribution is -2.45. The third-order valence-corrected chi connectivity index (χ3v) is 5.00. The summed E-state index contributed by atoms with van der Waals surface area (Å²) in [7, 11) is 2.14. The van der Waals surface area contributed by atoms with Crippen molar-refractivity contribution in [1.29, 1.82) is 0 Å². The number of para-hydroxylation sites is 1. The summed E-state index contributed by atoms with van der Waals surface area (Å²) in [6.07, 6.45) is 5.38.